The first-order valence-corrected chi connectivity index (χ1v) is 8.08. The molecule has 24 heavy (non-hydrogen) atoms. The van der Waals surface area contributed by atoms with Crippen molar-refractivity contribution in [2.45, 2.75) is 25.2 Å². The molecule has 1 unspecified atom stereocenters. The number of ketones is 2. The van der Waals surface area contributed by atoms with Crippen LogP contribution in [0.2, 0.25) is 0 Å². The highest BCUT2D eigenvalue weighted by Crippen LogP contribution is 2.37. The van der Waals surface area contributed by atoms with Crippen molar-refractivity contribution < 1.29 is 14.1 Å². The van der Waals surface area contributed by atoms with Gasteiger partial charge in [-0.3, -0.25) is 9.59 Å². The van der Waals surface area contributed by atoms with Gasteiger partial charge in [-0.2, -0.15) is 0 Å². The number of fused-ring (bicyclic) bond motifs is 3. The Bertz CT molecular complexity index is 971. The Morgan fingerprint density at radius 3 is 2.75 bits per heavy atom. The predicted octanol–water partition coefficient (Wildman–Crippen LogP) is 3.45. The minimum atomic E-state index is -0.344. The topological polar surface area (TPSA) is 63.4 Å². The van der Waals surface area contributed by atoms with E-state index in [-0.39, 0.29) is 23.9 Å². The molecule has 1 heterocycles. The number of Topliss-reactive ketones (excluding diaryl/α,β-unsaturated/α-hetero) is 2. The summed E-state index contributed by atoms with van der Waals surface area (Å²) in [7, 11) is 4.00. The summed E-state index contributed by atoms with van der Waals surface area (Å²) in [5, 5.41) is 7.19. The lowest BCUT2D eigenvalue weighted by Gasteiger charge is -2.18. The molecule has 0 spiro atoms. The summed E-state index contributed by atoms with van der Waals surface area (Å²) >= 11 is 0. The fourth-order valence-electron chi connectivity index (χ4n) is 3.46. The Morgan fingerprint density at radius 1 is 1.17 bits per heavy atom. The van der Waals surface area contributed by atoms with Crippen molar-refractivity contribution in [3.05, 3.63) is 36.0 Å². The molecule has 1 aliphatic carbocycles. The standard InChI is InChI=1S/C19H18N2O3/c1-21(2)12-4-6-14-11(9-12)3-8-17-18(14)19(20-24-17)15-7-5-13(22)10-16(15)23/h3-4,6,8-9,15H,5,7,10H2,1-2H3. The number of nitrogens with zero attached hydrogens (tertiary/aromatic N) is 2. The van der Waals surface area contributed by atoms with Gasteiger partial charge in [0.25, 0.3) is 0 Å². The van der Waals surface area contributed by atoms with E-state index in [0.29, 0.717) is 24.1 Å². The van der Waals surface area contributed by atoms with Crippen molar-refractivity contribution in [2.24, 2.45) is 0 Å². The first-order chi connectivity index (χ1) is 11.5. The highest BCUT2D eigenvalue weighted by Gasteiger charge is 2.32. The maximum Gasteiger partial charge on any atom is 0.167 e. The van der Waals surface area contributed by atoms with Crippen molar-refractivity contribution in [3.63, 3.8) is 0 Å². The second-order valence-electron chi connectivity index (χ2n) is 6.58. The monoisotopic (exact) mass is 322 g/mol. The van der Waals surface area contributed by atoms with Gasteiger partial charge in [0.1, 0.15) is 17.3 Å². The predicted molar refractivity (Wildman–Crippen MR) is 92.4 cm³/mol. The van der Waals surface area contributed by atoms with E-state index in [1.54, 1.807) is 0 Å². The molecule has 1 aliphatic rings. The number of aromatic nitrogens is 1. The molecule has 5 heteroatoms. The van der Waals surface area contributed by atoms with Gasteiger partial charge in [-0.25, -0.2) is 0 Å². The number of anilines is 1. The second-order valence-corrected chi connectivity index (χ2v) is 6.58. The summed E-state index contributed by atoms with van der Waals surface area (Å²) < 4.78 is 5.47. The highest BCUT2D eigenvalue weighted by molar-refractivity contribution is 6.11. The van der Waals surface area contributed by atoms with E-state index in [1.807, 2.05) is 38.4 Å². The average molecular weight is 322 g/mol. The van der Waals surface area contributed by atoms with Crippen molar-refractivity contribution >= 4 is 39.0 Å². The Balaban J connectivity index is 1.91. The molecular formula is C19H18N2O3. The lowest BCUT2D eigenvalue weighted by atomic mass is 9.83. The molecule has 0 aliphatic heterocycles. The van der Waals surface area contributed by atoms with E-state index in [0.717, 1.165) is 21.8 Å². The van der Waals surface area contributed by atoms with Crippen molar-refractivity contribution in [3.8, 4) is 0 Å². The number of rotatable bonds is 2. The van der Waals surface area contributed by atoms with Gasteiger partial charge < -0.3 is 9.42 Å². The molecule has 1 atom stereocenters. The summed E-state index contributed by atoms with van der Waals surface area (Å²) in [6.45, 7) is 0. The van der Waals surface area contributed by atoms with Crippen LogP contribution in [0.5, 0.6) is 0 Å². The SMILES string of the molecule is CN(C)c1ccc2c(ccc3onc(C4CCC(=O)CC4=O)c32)c1. The number of hydrogen-bond acceptors (Lipinski definition) is 5. The highest BCUT2D eigenvalue weighted by atomic mass is 16.5. The largest absolute Gasteiger partial charge is 0.378 e. The van der Waals surface area contributed by atoms with E-state index in [4.69, 9.17) is 4.52 Å². The zero-order valence-electron chi connectivity index (χ0n) is 13.7. The summed E-state index contributed by atoms with van der Waals surface area (Å²) in [6.07, 6.45) is 0.959. The fraction of sp³-hybridized carbons (Fsp3) is 0.316. The van der Waals surface area contributed by atoms with Crippen LogP contribution in [-0.4, -0.2) is 30.8 Å². The molecule has 1 fully saturated rings. The molecule has 4 rings (SSSR count). The van der Waals surface area contributed by atoms with Crippen LogP contribution in [0.25, 0.3) is 21.7 Å². The minimum Gasteiger partial charge on any atom is -0.378 e. The minimum absolute atomic E-state index is 0.00850. The maximum absolute atomic E-state index is 12.3. The number of hydrogen-bond donors (Lipinski definition) is 0. The van der Waals surface area contributed by atoms with E-state index in [1.165, 1.54) is 0 Å². The number of benzene rings is 2. The van der Waals surface area contributed by atoms with Crippen LogP contribution in [0.1, 0.15) is 30.9 Å². The Hall–Kier alpha value is -2.69. The molecule has 0 radical (unpaired) electrons. The fourth-order valence-corrected chi connectivity index (χ4v) is 3.46. The molecule has 5 nitrogen and oxygen atoms in total. The summed E-state index contributed by atoms with van der Waals surface area (Å²) in [6, 6.07) is 10.1. The smallest absolute Gasteiger partial charge is 0.167 e. The number of carbonyl (C=O) groups excluding carboxylic acids is 2. The lowest BCUT2D eigenvalue weighted by molar-refractivity contribution is -0.130. The molecule has 0 bridgehead atoms. The molecule has 0 saturated heterocycles. The van der Waals surface area contributed by atoms with Crippen LogP contribution in [0, 0.1) is 0 Å². The third-order valence-corrected chi connectivity index (χ3v) is 4.78. The zero-order valence-corrected chi connectivity index (χ0v) is 13.7. The van der Waals surface area contributed by atoms with E-state index in [9.17, 15) is 9.59 Å². The molecule has 1 saturated carbocycles. The normalized spacial score (nSPS) is 18.5. The zero-order chi connectivity index (χ0) is 16.8. The number of carbonyl (C=O) groups is 2. The van der Waals surface area contributed by atoms with Crippen LogP contribution < -0.4 is 4.90 Å². The molecular weight excluding hydrogens is 304 g/mol. The lowest BCUT2D eigenvalue weighted by Crippen LogP contribution is -2.23. The second kappa shape index (κ2) is 5.44. The van der Waals surface area contributed by atoms with Crippen molar-refractivity contribution in [2.75, 3.05) is 19.0 Å². The summed E-state index contributed by atoms with van der Waals surface area (Å²) in [5.41, 5.74) is 2.46. The summed E-state index contributed by atoms with van der Waals surface area (Å²) in [5.74, 6) is -0.379. The van der Waals surface area contributed by atoms with E-state index >= 15 is 0 Å². The molecule has 2 aromatic carbocycles. The molecule has 3 aromatic rings. The van der Waals surface area contributed by atoms with Crippen LogP contribution >= 0.6 is 0 Å². The Kier molecular flexibility index (Phi) is 3.37. The van der Waals surface area contributed by atoms with Crippen LogP contribution in [0.4, 0.5) is 5.69 Å². The molecule has 122 valence electrons. The Morgan fingerprint density at radius 2 is 2.00 bits per heavy atom. The van der Waals surface area contributed by atoms with Crippen molar-refractivity contribution in [1.82, 2.24) is 5.16 Å². The van der Waals surface area contributed by atoms with Crippen LogP contribution in [0.15, 0.2) is 34.9 Å². The van der Waals surface area contributed by atoms with Gasteiger partial charge in [-0.15, -0.1) is 0 Å². The maximum atomic E-state index is 12.3. The average Bonchev–Trinajstić information content (AvgIpc) is 2.98. The molecule has 1 aromatic heterocycles. The van der Waals surface area contributed by atoms with E-state index in [2.05, 4.69) is 16.1 Å². The van der Waals surface area contributed by atoms with Gasteiger partial charge in [0.15, 0.2) is 5.58 Å². The quantitative estimate of drug-likeness (QED) is 0.676. The van der Waals surface area contributed by atoms with Crippen LogP contribution in [-0.2, 0) is 9.59 Å². The molecule has 0 N–H and O–H groups in total. The van der Waals surface area contributed by atoms with Gasteiger partial charge in [0.05, 0.1) is 17.7 Å². The third-order valence-electron chi connectivity index (χ3n) is 4.78. The van der Waals surface area contributed by atoms with Gasteiger partial charge in [0.2, 0.25) is 0 Å². The van der Waals surface area contributed by atoms with Gasteiger partial charge >= 0.3 is 0 Å². The third kappa shape index (κ3) is 2.28. The Labute approximate surface area is 139 Å². The van der Waals surface area contributed by atoms with Gasteiger partial charge in [0, 0.05) is 26.2 Å². The first kappa shape index (κ1) is 14.9. The first-order valence-electron chi connectivity index (χ1n) is 8.08. The van der Waals surface area contributed by atoms with Gasteiger partial charge in [-0.1, -0.05) is 17.3 Å². The van der Waals surface area contributed by atoms with Gasteiger partial charge in [-0.05, 0) is 35.4 Å². The molecule has 0 amide bonds. The van der Waals surface area contributed by atoms with E-state index < -0.39 is 0 Å². The summed E-state index contributed by atoms with van der Waals surface area (Å²) in [4.78, 5) is 25.9. The van der Waals surface area contributed by atoms with Crippen LogP contribution in [0.3, 0.4) is 0 Å². The van der Waals surface area contributed by atoms with Crippen molar-refractivity contribution in [1.29, 1.82) is 0 Å².